The van der Waals surface area contributed by atoms with Crippen molar-refractivity contribution < 1.29 is 4.79 Å². The zero-order valence-electron chi connectivity index (χ0n) is 9.34. The Bertz CT molecular complexity index is 519. The number of nitrogens with two attached hydrogens (primary N) is 1. The van der Waals surface area contributed by atoms with Crippen LogP contribution in [0, 0.1) is 6.92 Å². The molecule has 5 nitrogen and oxygen atoms in total. The van der Waals surface area contributed by atoms with Gasteiger partial charge < -0.3 is 5.73 Å². The van der Waals surface area contributed by atoms with Crippen LogP contribution in [0.3, 0.4) is 0 Å². The van der Waals surface area contributed by atoms with Crippen molar-refractivity contribution in [2.45, 2.75) is 13.0 Å². The third-order valence-corrected chi connectivity index (χ3v) is 2.48. The number of nitrogens with zero attached hydrogens (tertiary/aromatic N) is 3. The van der Waals surface area contributed by atoms with Crippen molar-refractivity contribution >= 4 is 5.91 Å². The smallest absolute Gasteiger partial charge is 0.271 e. The highest BCUT2D eigenvalue weighted by atomic mass is 16.1. The second-order valence-electron chi connectivity index (χ2n) is 3.64. The van der Waals surface area contributed by atoms with Crippen molar-refractivity contribution in [3.63, 3.8) is 0 Å². The van der Waals surface area contributed by atoms with Gasteiger partial charge >= 0.3 is 0 Å². The largest absolute Gasteiger partial charge is 0.364 e. The summed E-state index contributed by atoms with van der Waals surface area (Å²) in [5, 5.41) is 7.71. The molecule has 5 heteroatoms. The summed E-state index contributed by atoms with van der Waals surface area (Å²) in [5.74, 6) is -0.567. The van der Waals surface area contributed by atoms with E-state index >= 15 is 0 Å². The number of amides is 1. The van der Waals surface area contributed by atoms with Gasteiger partial charge in [-0.15, -0.1) is 5.10 Å². The lowest BCUT2D eigenvalue weighted by atomic mass is 10.2. The Morgan fingerprint density at radius 2 is 2.06 bits per heavy atom. The molecular weight excluding hydrogens is 216 g/mol. The van der Waals surface area contributed by atoms with Gasteiger partial charge in [-0.25, -0.2) is 4.68 Å². The van der Waals surface area contributed by atoms with Crippen LogP contribution in [0.2, 0.25) is 0 Å². The fourth-order valence-corrected chi connectivity index (χ4v) is 1.66. The molecule has 2 N–H and O–H groups in total. The molecule has 2 aromatic rings. The van der Waals surface area contributed by atoms with E-state index in [1.807, 2.05) is 30.3 Å². The van der Waals surface area contributed by atoms with E-state index in [0.717, 1.165) is 5.56 Å². The third kappa shape index (κ3) is 2.33. The third-order valence-electron chi connectivity index (χ3n) is 2.48. The van der Waals surface area contributed by atoms with Gasteiger partial charge in [0.25, 0.3) is 5.91 Å². The first-order valence-electron chi connectivity index (χ1n) is 5.27. The highest BCUT2D eigenvalue weighted by Crippen LogP contribution is 2.09. The zero-order chi connectivity index (χ0) is 12.3. The number of benzene rings is 1. The normalized spacial score (nSPS) is 10.4. The molecule has 1 heterocycles. The van der Waals surface area contributed by atoms with E-state index in [1.54, 1.807) is 4.68 Å². The van der Waals surface area contributed by atoms with Crippen LogP contribution >= 0.6 is 0 Å². The fraction of sp³-hybridized carbons (Fsp3) is 0.167. The molecule has 0 saturated carbocycles. The van der Waals surface area contributed by atoms with Crippen LogP contribution in [0.5, 0.6) is 0 Å². The SMILES string of the molecule is [CH2]Cc1c(C(N)=O)nnn1Cc1ccccc1. The zero-order valence-corrected chi connectivity index (χ0v) is 9.34. The quantitative estimate of drug-likeness (QED) is 0.842. The Hall–Kier alpha value is -2.17. The summed E-state index contributed by atoms with van der Waals surface area (Å²) in [6.07, 6.45) is 0.429. The minimum atomic E-state index is -0.567. The van der Waals surface area contributed by atoms with E-state index in [1.165, 1.54) is 0 Å². The van der Waals surface area contributed by atoms with Gasteiger partial charge in [-0.05, 0) is 18.9 Å². The van der Waals surface area contributed by atoms with Crippen LogP contribution in [0.15, 0.2) is 30.3 Å². The van der Waals surface area contributed by atoms with Crippen molar-refractivity contribution in [1.29, 1.82) is 0 Å². The number of carbonyl (C=O) groups excluding carboxylic acids is 1. The van der Waals surface area contributed by atoms with Crippen LogP contribution in [0.4, 0.5) is 0 Å². The number of rotatable bonds is 4. The van der Waals surface area contributed by atoms with Crippen LogP contribution in [0.25, 0.3) is 0 Å². The van der Waals surface area contributed by atoms with Crippen molar-refractivity contribution in [3.8, 4) is 0 Å². The van der Waals surface area contributed by atoms with Crippen LogP contribution in [0.1, 0.15) is 21.7 Å². The van der Waals surface area contributed by atoms with Crippen molar-refractivity contribution in [3.05, 3.63) is 54.2 Å². The van der Waals surface area contributed by atoms with E-state index in [4.69, 9.17) is 5.73 Å². The molecule has 2 rings (SSSR count). The topological polar surface area (TPSA) is 73.8 Å². The van der Waals surface area contributed by atoms with Crippen LogP contribution < -0.4 is 5.73 Å². The second-order valence-corrected chi connectivity index (χ2v) is 3.64. The molecule has 0 aliphatic rings. The Kier molecular flexibility index (Phi) is 3.18. The number of primary amides is 1. The minimum absolute atomic E-state index is 0.205. The number of carbonyl (C=O) groups is 1. The van der Waals surface area contributed by atoms with Gasteiger partial charge in [0.2, 0.25) is 0 Å². The summed E-state index contributed by atoms with van der Waals surface area (Å²) >= 11 is 0. The first-order chi connectivity index (χ1) is 8.22. The van der Waals surface area contributed by atoms with Gasteiger partial charge in [0.05, 0.1) is 12.2 Å². The molecule has 17 heavy (non-hydrogen) atoms. The van der Waals surface area contributed by atoms with Crippen molar-refractivity contribution in [2.75, 3.05) is 0 Å². The summed E-state index contributed by atoms with van der Waals surface area (Å²) in [6, 6.07) is 9.81. The molecule has 0 spiro atoms. The molecule has 0 aliphatic carbocycles. The Labute approximate surface area is 99.2 Å². The van der Waals surface area contributed by atoms with E-state index in [9.17, 15) is 4.79 Å². The Morgan fingerprint density at radius 3 is 2.65 bits per heavy atom. The minimum Gasteiger partial charge on any atom is -0.364 e. The molecule has 0 unspecified atom stereocenters. The average Bonchev–Trinajstić information content (AvgIpc) is 2.73. The number of aromatic nitrogens is 3. The maximum Gasteiger partial charge on any atom is 0.271 e. The maximum absolute atomic E-state index is 11.1. The molecule has 0 saturated heterocycles. The summed E-state index contributed by atoms with van der Waals surface area (Å²) in [5.41, 5.74) is 7.17. The molecule has 87 valence electrons. The molecular formula is C12H13N4O. The molecule has 0 bridgehead atoms. The van der Waals surface area contributed by atoms with E-state index in [2.05, 4.69) is 17.2 Å². The first kappa shape index (κ1) is 11.3. The maximum atomic E-state index is 11.1. The monoisotopic (exact) mass is 229 g/mol. The summed E-state index contributed by atoms with van der Waals surface area (Å²) in [7, 11) is 0. The Morgan fingerprint density at radius 1 is 1.35 bits per heavy atom. The standard InChI is InChI=1S/C12H13N4O/c1-2-10-11(12(13)17)14-15-16(10)8-9-6-4-3-5-7-9/h3-7H,1-2,8H2,(H2,13,17). The predicted octanol–water partition coefficient (Wildman–Crippen LogP) is 0.802. The molecule has 1 amide bonds. The summed E-state index contributed by atoms with van der Waals surface area (Å²) in [4.78, 5) is 11.1. The molecule has 1 radical (unpaired) electrons. The van der Waals surface area contributed by atoms with Crippen molar-refractivity contribution in [1.82, 2.24) is 15.0 Å². The van der Waals surface area contributed by atoms with Gasteiger partial charge in [0, 0.05) is 0 Å². The Balaban J connectivity index is 2.31. The van der Waals surface area contributed by atoms with E-state index < -0.39 is 5.91 Å². The van der Waals surface area contributed by atoms with E-state index in [0.29, 0.717) is 18.7 Å². The summed E-state index contributed by atoms with van der Waals surface area (Å²) < 4.78 is 1.66. The van der Waals surface area contributed by atoms with Crippen molar-refractivity contribution in [2.24, 2.45) is 5.73 Å². The number of hydrogen-bond donors (Lipinski definition) is 1. The lowest BCUT2D eigenvalue weighted by molar-refractivity contribution is 0.0994. The molecule has 1 aromatic carbocycles. The summed E-state index contributed by atoms with van der Waals surface area (Å²) in [6.45, 7) is 4.33. The average molecular weight is 229 g/mol. The fourth-order valence-electron chi connectivity index (χ4n) is 1.66. The van der Waals surface area contributed by atoms with Gasteiger partial charge in [-0.3, -0.25) is 4.79 Å². The first-order valence-corrected chi connectivity index (χ1v) is 5.27. The van der Waals surface area contributed by atoms with Crippen LogP contribution in [-0.2, 0) is 13.0 Å². The van der Waals surface area contributed by atoms with Gasteiger partial charge in [-0.1, -0.05) is 35.5 Å². The number of hydrogen-bond acceptors (Lipinski definition) is 3. The van der Waals surface area contributed by atoms with Crippen LogP contribution in [-0.4, -0.2) is 20.9 Å². The molecule has 1 aromatic heterocycles. The molecule has 0 fully saturated rings. The van der Waals surface area contributed by atoms with E-state index in [-0.39, 0.29) is 5.69 Å². The predicted molar refractivity (Wildman–Crippen MR) is 63.1 cm³/mol. The molecule has 0 atom stereocenters. The second kappa shape index (κ2) is 4.78. The lowest BCUT2D eigenvalue weighted by Gasteiger charge is -2.05. The van der Waals surface area contributed by atoms with Gasteiger partial charge in [-0.2, -0.15) is 0 Å². The highest BCUT2D eigenvalue weighted by molar-refractivity contribution is 5.91. The molecule has 0 aliphatic heterocycles. The highest BCUT2D eigenvalue weighted by Gasteiger charge is 2.15. The van der Waals surface area contributed by atoms with Gasteiger partial charge in [0.1, 0.15) is 0 Å². The lowest BCUT2D eigenvalue weighted by Crippen LogP contribution is -2.15. The van der Waals surface area contributed by atoms with Gasteiger partial charge in [0.15, 0.2) is 5.69 Å².